The SMILES string of the molecule is CC1(C)c2ccccc2-c2ccc(N(c3ccc(C45CC6CC(C4)C(C6)C5)cc3)c3ccc4c(c3)[Si](C)(C)c3ccccc3-4)cc21. The zero-order chi connectivity index (χ0) is 31.0. The molecule has 1 heterocycles. The van der Waals surface area contributed by atoms with Crippen molar-refractivity contribution < 1.29 is 0 Å². The summed E-state index contributed by atoms with van der Waals surface area (Å²) >= 11 is 0. The Kier molecular flexibility index (Phi) is 5.41. The molecular weight excluding hydrogens is 571 g/mol. The van der Waals surface area contributed by atoms with Gasteiger partial charge in [0.25, 0.3) is 0 Å². The van der Waals surface area contributed by atoms with Crippen LogP contribution in [0.15, 0.2) is 109 Å². The minimum absolute atomic E-state index is 0.0358. The third-order valence-corrected chi connectivity index (χ3v) is 16.9. The standard InChI is InChI=1S/C44H43NSi/c1-43(2)39-11-7-5-9-35(39)36-19-17-33(23-40(36)43)45(34-18-20-38-37-10-6-8-12-41(37)46(3,4)42(38)24-34)32-15-13-31(14-16-32)44-25-28-21-29(26-44)30(22-28)27-44/h5-20,23-24,28-30H,21-22,25-27H2,1-4H3. The Bertz CT molecular complexity index is 1940. The predicted molar refractivity (Wildman–Crippen MR) is 196 cm³/mol. The summed E-state index contributed by atoms with van der Waals surface area (Å²) in [5.41, 5.74) is 14.3. The number of hydrogen-bond acceptors (Lipinski definition) is 1. The molecule has 46 heavy (non-hydrogen) atoms. The van der Waals surface area contributed by atoms with Crippen molar-refractivity contribution in [2.45, 2.75) is 69.9 Å². The molecule has 0 amide bonds. The maximum absolute atomic E-state index is 2.55. The van der Waals surface area contributed by atoms with Crippen LogP contribution >= 0.6 is 0 Å². The van der Waals surface area contributed by atoms with Gasteiger partial charge in [-0.25, -0.2) is 0 Å². The molecule has 0 spiro atoms. The molecule has 4 fully saturated rings. The van der Waals surface area contributed by atoms with E-state index >= 15 is 0 Å². The van der Waals surface area contributed by atoms with Crippen molar-refractivity contribution in [1.82, 2.24) is 0 Å². The summed E-state index contributed by atoms with van der Waals surface area (Å²) in [6.07, 6.45) is 7.25. The van der Waals surface area contributed by atoms with Crippen LogP contribution in [0.5, 0.6) is 0 Å². The van der Waals surface area contributed by atoms with Gasteiger partial charge in [-0.1, -0.05) is 99.7 Å². The summed E-state index contributed by atoms with van der Waals surface area (Å²) < 4.78 is 0. The molecule has 1 nitrogen and oxygen atoms in total. The van der Waals surface area contributed by atoms with E-state index in [1.54, 1.807) is 15.9 Å². The van der Waals surface area contributed by atoms with Crippen molar-refractivity contribution in [2.75, 3.05) is 4.90 Å². The summed E-state index contributed by atoms with van der Waals surface area (Å²) in [5.74, 6) is 2.93. The van der Waals surface area contributed by atoms with Crippen molar-refractivity contribution in [3.8, 4) is 22.3 Å². The van der Waals surface area contributed by atoms with Crippen molar-refractivity contribution in [1.29, 1.82) is 0 Å². The Morgan fingerprint density at radius 2 is 1.15 bits per heavy atom. The average Bonchev–Trinajstić information content (AvgIpc) is 3.67. The van der Waals surface area contributed by atoms with E-state index in [1.165, 1.54) is 82.5 Å². The van der Waals surface area contributed by atoms with E-state index in [4.69, 9.17) is 0 Å². The van der Waals surface area contributed by atoms with Gasteiger partial charge in [-0.15, -0.1) is 0 Å². The average molecular weight is 614 g/mol. The van der Waals surface area contributed by atoms with E-state index in [2.05, 4.69) is 141 Å². The monoisotopic (exact) mass is 613 g/mol. The number of fused-ring (bicyclic) bond motifs is 6. The van der Waals surface area contributed by atoms with Crippen LogP contribution in [0.2, 0.25) is 13.1 Å². The van der Waals surface area contributed by atoms with Gasteiger partial charge in [-0.3, -0.25) is 0 Å². The highest BCUT2D eigenvalue weighted by Gasteiger charge is 2.56. The van der Waals surface area contributed by atoms with Crippen molar-refractivity contribution >= 4 is 35.5 Å². The summed E-state index contributed by atoms with van der Waals surface area (Å²) in [7, 11) is -1.81. The van der Waals surface area contributed by atoms with Crippen LogP contribution in [0.25, 0.3) is 22.3 Å². The molecular formula is C44H43NSi. The lowest BCUT2D eigenvalue weighted by Crippen LogP contribution is -2.49. The Hall–Kier alpha value is -3.88. The second-order valence-corrected chi connectivity index (χ2v) is 20.8. The fourth-order valence-electron chi connectivity index (χ4n) is 11.2. The van der Waals surface area contributed by atoms with Crippen LogP contribution < -0.4 is 15.3 Å². The number of nitrogens with zero attached hydrogens (tertiary/aromatic N) is 1. The third kappa shape index (κ3) is 3.57. The smallest absolute Gasteiger partial charge is 0.113 e. The molecule has 2 unspecified atom stereocenters. The highest BCUT2D eigenvalue weighted by atomic mass is 28.3. The fraction of sp³-hybridized carbons (Fsp3) is 0.318. The number of hydrogen-bond donors (Lipinski definition) is 0. The molecule has 5 aliphatic carbocycles. The summed E-state index contributed by atoms with van der Waals surface area (Å²) in [6, 6.07) is 42.6. The first kappa shape index (κ1) is 27.3. The summed E-state index contributed by atoms with van der Waals surface area (Å²) in [6.45, 7) is 9.84. The molecule has 2 heteroatoms. The second kappa shape index (κ2) is 9.13. The normalized spacial score (nSPS) is 26.5. The van der Waals surface area contributed by atoms with Gasteiger partial charge in [0.05, 0.1) is 0 Å². The van der Waals surface area contributed by atoms with Gasteiger partial charge in [-0.05, 0) is 141 Å². The topological polar surface area (TPSA) is 3.24 Å². The minimum Gasteiger partial charge on any atom is -0.310 e. The molecule has 5 aromatic carbocycles. The van der Waals surface area contributed by atoms with E-state index < -0.39 is 8.07 Å². The van der Waals surface area contributed by atoms with Crippen molar-refractivity contribution in [3.05, 3.63) is 126 Å². The molecule has 5 aromatic rings. The van der Waals surface area contributed by atoms with Gasteiger partial charge in [0.15, 0.2) is 0 Å². The van der Waals surface area contributed by atoms with Crippen LogP contribution in [0.4, 0.5) is 17.1 Å². The Morgan fingerprint density at radius 3 is 1.89 bits per heavy atom. The maximum Gasteiger partial charge on any atom is 0.113 e. The van der Waals surface area contributed by atoms with Crippen molar-refractivity contribution in [2.24, 2.45) is 17.8 Å². The number of anilines is 3. The zero-order valence-corrected chi connectivity index (χ0v) is 28.6. The minimum atomic E-state index is -1.81. The molecule has 11 rings (SSSR count). The van der Waals surface area contributed by atoms with Crippen molar-refractivity contribution in [3.63, 3.8) is 0 Å². The molecule has 0 radical (unpaired) electrons. The summed E-state index contributed by atoms with van der Waals surface area (Å²) in [5, 5.41) is 3.12. The molecule has 1 aliphatic heterocycles. The third-order valence-electron chi connectivity index (χ3n) is 13.3. The fourth-order valence-corrected chi connectivity index (χ4v) is 14.3. The molecule has 228 valence electrons. The highest BCUT2D eigenvalue weighted by molar-refractivity contribution is 7.03. The van der Waals surface area contributed by atoms with Gasteiger partial charge < -0.3 is 4.90 Å². The van der Waals surface area contributed by atoms with Gasteiger partial charge in [0.2, 0.25) is 0 Å². The molecule has 0 saturated heterocycles. The summed E-state index contributed by atoms with van der Waals surface area (Å²) in [4.78, 5) is 2.55. The van der Waals surface area contributed by atoms with Crippen LogP contribution in [0.1, 0.15) is 62.6 Å². The Morgan fingerprint density at radius 1 is 0.565 bits per heavy atom. The van der Waals surface area contributed by atoms with Gasteiger partial charge >= 0.3 is 0 Å². The lowest BCUT2D eigenvalue weighted by molar-refractivity contribution is 0.229. The van der Waals surface area contributed by atoms with Gasteiger partial charge in [0, 0.05) is 22.5 Å². The largest absolute Gasteiger partial charge is 0.310 e. The zero-order valence-electron chi connectivity index (χ0n) is 27.6. The van der Waals surface area contributed by atoms with Gasteiger partial charge in [0.1, 0.15) is 8.07 Å². The van der Waals surface area contributed by atoms with Gasteiger partial charge in [-0.2, -0.15) is 0 Å². The second-order valence-electron chi connectivity index (χ2n) is 16.4. The van der Waals surface area contributed by atoms with E-state index in [0.29, 0.717) is 5.41 Å². The van der Waals surface area contributed by atoms with E-state index in [0.717, 1.165) is 17.8 Å². The molecule has 0 N–H and O–H groups in total. The molecule has 2 atom stereocenters. The molecule has 4 saturated carbocycles. The Labute approximate surface area is 275 Å². The maximum atomic E-state index is 2.55. The molecule has 0 aromatic heterocycles. The van der Waals surface area contributed by atoms with Crippen LogP contribution in [-0.4, -0.2) is 8.07 Å². The van der Waals surface area contributed by atoms with Crippen LogP contribution in [-0.2, 0) is 10.8 Å². The quantitative estimate of drug-likeness (QED) is 0.182. The number of benzene rings is 5. The first-order valence-corrected chi connectivity index (χ1v) is 20.6. The van der Waals surface area contributed by atoms with Crippen LogP contribution in [0.3, 0.4) is 0 Å². The van der Waals surface area contributed by atoms with E-state index in [1.807, 2.05) is 0 Å². The highest BCUT2D eigenvalue weighted by Crippen LogP contribution is 2.65. The van der Waals surface area contributed by atoms with Crippen LogP contribution in [0, 0.1) is 17.8 Å². The lowest BCUT2D eigenvalue weighted by atomic mass is 9.66. The number of rotatable bonds is 4. The Balaban J connectivity index is 1.11. The predicted octanol–water partition coefficient (Wildman–Crippen LogP) is 10.3. The van der Waals surface area contributed by atoms with E-state index in [-0.39, 0.29) is 5.41 Å². The first-order chi connectivity index (χ1) is 22.2. The first-order valence-electron chi connectivity index (χ1n) is 17.6. The molecule has 4 bridgehead atoms. The molecule has 6 aliphatic rings. The van der Waals surface area contributed by atoms with E-state index in [9.17, 15) is 0 Å². The lowest BCUT2D eigenvalue weighted by Gasteiger charge is -2.39.